The molecule has 2 N–H and O–H groups in total. The Morgan fingerprint density at radius 2 is 2.30 bits per heavy atom. The normalized spacial score (nSPS) is 21.0. The molecular formula is C10H16N4O4S2. The third-order valence-corrected chi connectivity index (χ3v) is 5.65. The molecule has 1 atom stereocenters. The molecule has 8 nitrogen and oxygen atoms in total. The van der Waals surface area contributed by atoms with Gasteiger partial charge in [0, 0.05) is 13.1 Å². The molecule has 0 spiro atoms. The van der Waals surface area contributed by atoms with Gasteiger partial charge in [-0.15, -0.1) is 10.2 Å². The van der Waals surface area contributed by atoms with Crippen molar-refractivity contribution in [2.24, 2.45) is 5.73 Å². The Hall–Kier alpha value is -1.13. The van der Waals surface area contributed by atoms with E-state index in [0.717, 1.165) is 11.8 Å². The Morgan fingerprint density at radius 1 is 1.55 bits per heavy atom. The van der Waals surface area contributed by atoms with Crippen molar-refractivity contribution in [1.29, 1.82) is 0 Å². The summed E-state index contributed by atoms with van der Waals surface area (Å²) >= 11 is 1.12. The van der Waals surface area contributed by atoms with Gasteiger partial charge in [-0.1, -0.05) is 11.8 Å². The number of carbonyl (C=O) groups excluding carboxylic acids is 1. The lowest BCUT2D eigenvalue weighted by atomic mass is 10.2. The summed E-state index contributed by atoms with van der Waals surface area (Å²) in [4.78, 5) is 13.5. The Morgan fingerprint density at radius 3 is 2.85 bits per heavy atom. The number of hydrogen-bond acceptors (Lipinski definition) is 8. The van der Waals surface area contributed by atoms with Gasteiger partial charge in [-0.05, 0) is 6.42 Å². The fourth-order valence-corrected chi connectivity index (χ4v) is 4.37. The largest absolute Gasteiger partial charge is 0.415 e. The summed E-state index contributed by atoms with van der Waals surface area (Å²) in [6.07, 6.45) is 0.493. The zero-order valence-electron chi connectivity index (χ0n) is 11.0. The fourth-order valence-electron chi connectivity index (χ4n) is 1.89. The van der Waals surface area contributed by atoms with Crippen molar-refractivity contribution in [1.82, 2.24) is 15.1 Å². The van der Waals surface area contributed by atoms with Gasteiger partial charge in [0.25, 0.3) is 5.22 Å². The van der Waals surface area contributed by atoms with Crippen molar-refractivity contribution in [2.75, 3.05) is 24.3 Å². The van der Waals surface area contributed by atoms with Crippen molar-refractivity contribution in [3.8, 4) is 0 Å². The van der Waals surface area contributed by atoms with Crippen LogP contribution in [0.5, 0.6) is 0 Å². The topological polar surface area (TPSA) is 119 Å². The number of rotatable bonds is 5. The molecule has 1 amide bonds. The molecule has 0 aliphatic carbocycles. The number of sulfone groups is 1. The summed E-state index contributed by atoms with van der Waals surface area (Å²) < 4.78 is 28.0. The van der Waals surface area contributed by atoms with Crippen LogP contribution in [0.1, 0.15) is 12.3 Å². The highest BCUT2D eigenvalue weighted by molar-refractivity contribution is 7.99. The second-order valence-corrected chi connectivity index (χ2v) is 7.67. The molecule has 0 bridgehead atoms. The monoisotopic (exact) mass is 320 g/mol. The van der Waals surface area contributed by atoms with Crippen molar-refractivity contribution in [3.05, 3.63) is 5.89 Å². The lowest BCUT2D eigenvalue weighted by molar-refractivity contribution is -0.128. The molecule has 0 aromatic carbocycles. The first-order chi connectivity index (χ1) is 9.41. The van der Waals surface area contributed by atoms with Crippen molar-refractivity contribution < 1.29 is 17.6 Å². The van der Waals surface area contributed by atoms with Gasteiger partial charge in [-0.25, -0.2) is 8.42 Å². The minimum absolute atomic E-state index is 0.0395. The van der Waals surface area contributed by atoms with Crippen LogP contribution in [0.2, 0.25) is 0 Å². The third-order valence-electron chi connectivity index (χ3n) is 3.09. The van der Waals surface area contributed by atoms with E-state index in [9.17, 15) is 13.2 Å². The molecule has 1 unspecified atom stereocenters. The molecule has 2 heterocycles. The predicted octanol–water partition coefficient (Wildman–Crippen LogP) is -0.734. The maximum absolute atomic E-state index is 12.0. The van der Waals surface area contributed by atoms with Crippen molar-refractivity contribution in [3.63, 3.8) is 0 Å². The highest BCUT2D eigenvalue weighted by atomic mass is 32.2. The Bertz CT molecular complexity index is 586. The van der Waals surface area contributed by atoms with Gasteiger partial charge in [0.05, 0.1) is 23.8 Å². The van der Waals surface area contributed by atoms with Crippen LogP contribution in [0.4, 0.5) is 0 Å². The van der Waals surface area contributed by atoms with E-state index in [-0.39, 0.29) is 41.0 Å². The quantitative estimate of drug-likeness (QED) is 0.705. The summed E-state index contributed by atoms with van der Waals surface area (Å²) in [7, 11) is -1.38. The number of thioether (sulfide) groups is 1. The summed E-state index contributed by atoms with van der Waals surface area (Å²) in [6.45, 7) is 0.154. The molecular weight excluding hydrogens is 304 g/mol. The maximum Gasteiger partial charge on any atom is 0.277 e. The fraction of sp³-hybridized carbons (Fsp3) is 0.700. The van der Waals surface area contributed by atoms with E-state index in [2.05, 4.69) is 10.2 Å². The standard InChI is InChI=1S/C10H16N4O4S2/c1-14(7-2-3-20(16,17)6-7)9(15)5-19-10-13-12-8(4-11)18-10/h7H,2-6,11H2,1H3. The predicted molar refractivity (Wildman–Crippen MR) is 72.7 cm³/mol. The number of nitrogens with two attached hydrogens (primary N) is 1. The van der Waals surface area contributed by atoms with Crippen LogP contribution in [0, 0.1) is 0 Å². The van der Waals surface area contributed by atoms with Gasteiger partial charge < -0.3 is 15.1 Å². The van der Waals surface area contributed by atoms with E-state index in [1.807, 2.05) is 0 Å². The minimum atomic E-state index is -3.00. The van der Waals surface area contributed by atoms with Crippen molar-refractivity contribution >= 4 is 27.5 Å². The highest BCUT2D eigenvalue weighted by Crippen LogP contribution is 2.20. The van der Waals surface area contributed by atoms with Crippen LogP contribution in [-0.4, -0.2) is 59.8 Å². The number of carbonyl (C=O) groups is 1. The lowest BCUT2D eigenvalue weighted by Gasteiger charge is -2.22. The second kappa shape index (κ2) is 6.10. The van der Waals surface area contributed by atoms with Crippen LogP contribution in [-0.2, 0) is 21.2 Å². The minimum Gasteiger partial charge on any atom is -0.415 e. The zero-order valence-corrected chi connectivity index (χ0v) is 12.6. The van der Waals surface area contributed by atoms with E-state index in [0.29, 0.717) is 12.3 Å². The molecule has 1 aliphatic heterocycles. The van der Waals surface area contributed by atoms with E-state index in [4.69, 9.17) is 10.2 Å². The lowest BCUT2D eigenvalue weighted by Crippen LogP contribution is -2.38. The van der Waals surface area contributed by atoms with Gasteiger partial charge in [0.15, 0.2) is 9.84 Å². The number of nitrogens with zero attached hydrogens (tertiary/aromatic N) is 3. The molecule has 10 heteroatoms. The van der Waals surface area contributed by atoms with Gasteiger partial charge in [-0.3, -0.25) is 4.79 Å². The maximum atomic E-state index is 12.0. The van der Waals surface area contributed by atoms with Crippen LogP contribution >= 0.6 is 11.8 Å². The van der Waals surface area contributed by atoms with Gasteiger partial charge >= 0.3 is 0 Å². The first kappa shape index (κ1) is 15.3. The van der Waals surface area contributed by atoms with E-state index < -0.39 is 9.84 Å². The van der Waals surface area contributed by atoms with Gasteiger partial charge in [0.1, 0.15) is 0 Å². The molecule has 20 heavy (non-hydrogen) atoms. The molecule has 1 saturated heterocycles. The molecule has 1 aliphatic rings. The van der Waals surface area contributed by atoms with E-state index in [1.54, 1.807) is 7.05 Å². The van der Waals surface area contributed by atoms with E-state index in [1.165, 1.54) is 4.90 Å². The molecule has 1 aromatic heterocycles. The Balaban J connectivity index is 1.85. The third kappa shape index (κ3) is 3.70. The average Bonchev–Trinajstić information content (AvgIpc) is 3.01. The van der Waals surface area contributed by atoms with Crippen LogP contribution in [0.15, 0.2) is 9.64 Å². The summed E-state index contributed by atoms with van der Waals surface area (Å²) in [5.74, 6) is 0.461. The van der Waals surface area contributed by atoms with Crippen molar-refractivity contribution in [2.45, 2.75) is 24.2 Å². The smallest absolute Gasteiger partial charge is 0.277 e. The summed E-state index contributed by atoms with van der Waals surface area (Å²) in [6, 6.07) is -0.240. The molecule has 1 aromatic rings. The zero-order chi connectivity index (χ0) is 14.8. The van der Waals surface area contributed by atoms with Gasteiger partial charge in [-0.2, -0.15) is 0 Å². The number of amides is 1. The number of aromatic nitrogens is 2. The molecule has 0 saturated carbocycles. The average molecular weight is 320 g/mol. The SMILES string of the molecule is CN(C(=O)CSc1nnc(CN)o1)C1CCS(=O)(=O)C1. The van der Waals surface area contributed by atoms with Gasteiger partial charge in [0.2, 0.25) is 11.8 Å². The summed E-state index contributed by atoms with van der Waals surface area (Å²) in [5, 5.41) is 7.71. The first-order valence-electron chi connectivity index (χ1n) is 6.02. The highest BCUT2D eigenvalue weighted by Gasteiger charge is 2.32. The molecule has 112 valence electrons. The van der Waals surface area contributed by atoms with E-state index >= 15 is 0 Å². The number of hydrogen-bond donors (Lipinski definition) is 1. The van der Waals surface area contributed by atoms with Crippen LogP contribution in [0.3, 0.4) is 0 Å². The first-order valence-corrected chi connectivity index (χ1v) is 8.83. The molecule has 2 rings (SSSR count). The van der Waals surface area contributed by atoms with Crippen LogP contribution in [0.25, 0.3) is 0 Å². The van der Waals surface area contributed by atoms with Crippen LogP contribution < -0.4 is 5.73 Å². The Labute approximate surface area is 121 Å². The molecule has 1 fully saturated rings. The summed E-state index contributed by atoms with van der Waals surface area (Å²) in [5.41, 5.74) is 5.34. The second-order valence-electron chi connectivity index (χ2n) is 4.52. The molecule has 0 radical (unpaired) electrons. The Kier molecular flexibility index (Phi) is 4.66.